The maximum absolute atomic E-state index is 11.9. The summed E-state index contributed by atoms with van der Waals surface area (Å²) in [6, 6.07) is 7.86. The minimum absolute atomic E-state index is 0.331. The Morgan fingerprint density at radius 2 is 2.06 bits per heavy atom. The van der Waals surface area contributed by atoms with Crippen molar-refractivity contribution in [2.24, 2.45) is 4.40 Å². The van der Waals surface area contributed by atoms with E-state index in [0.29, 0.717) is 0 Å². The summed E-state index contributed by atoms with van der Waals surface area (Å²) < 4.78 is 15.7. The van der Waals surface area contributed by atoms with Crippen LogP contribution in [0.5, 0.6) is 0 Å². The van der Waals surface area contributed by atoms with Gasteiger partial charge in [-0.1, -0.05) is 18.2 Å². The largest absolute Gasteiger partial charge is 0.264 e. The topological polar surface area (TPSA) is 42.3 Å². The van der Waals surface area contributed by atoms with Gasteiger partial charge in [-0.05, 0) is 32.2 Å². The molecule has 0 aliphatic carbocycles. The lowest BCUT2D eigenvalue weighted by Crippen LogP contribution is -2.19. The van der Waals surface area contributed by atoms with Crippen LogP contribution >= 0.6 is 0 Å². The lowest BCUT2D eigenvalue weighted by molar-refractivity contribution is 0.651. The van der Waals surface area contributed by atoms with Crippen LogP contribution in [-0.4, -0.2) is 20.2 Å². The SMILES string of the molecule is CC(C)(C)[S@@](=O)/N=C/c1cccc2cnccc12. The zero-order valence-electron chi connectivity index (χ0n) is 10.8. The molecule has 0 bridgehead atoms. The van der Waals surface area contributed by atoms with Gasteiger partial charge in [-0.2, -0.15) is 4.40 Å². The molecule has 2 aromatic rings. The molecule has 0 spiro atoms. The second-order valence-electron chi connectivity index (χ2n) is 5.04. The highest BCUT2D eigenvalue weighted by Gasteiger charge is 2.18. The van der Waals surface area contributed by atoms with Crippen LogP contribution in [0.2, 0.25) is 0 Å². The van der Waals surface area contributed by atoms with Crippen molar-refractivity contribution in [2.75, 3.05) is 0 Å². The molecule has 94 valence electrons. The average molecular weight is 260 g/mol. The Morgan fingerprint density at radius 1 is 1.28 bits per heavy atom. The second kappa shape index (κ2) is 4.98. The molecule has 1 heterocycles. The van der Waals surface area contributed by atoms with E-state index in [9.17, 15) is 4.21 Å². The van der Waals surface area contributed by atoms with Crippen molar-refractivity contribution in [3.63, 3.8) is 0 Å². The standard InChI is InChI=1S/C14H16N2OS/c1-14(2,3)18(17)16-10-12-6-4-5-11-9-15-8-7-13(11)12/h4-10H,1-3H3/b16-10+/t18-/m1/s1. The molecular weight excluding hydrogens is 244 g/mol. The molecule has 0 saturated carbocycles. The summed E-state index contributed by atoms with van der Waals surface area (Å²) in [5.41, 5.74) is 0.965. The highest BCUT2D eigenvalue weighted by molar-refractivity contribution is 7.85. The number of hydrogen-bond donors (Lipinski definition) is 0. The van der Waals surface area contributed by atoms with E-state index in [1.54, 1.807) is 12.4 Å². The van der Waals surface area contributed by atoms with Crippen molar-refractivity contribution in [1.82, 2.24) is 4.98 Å². The number of rotatable bonds is 2. The summed E-state index contributed by atoms with van der Waals surface area (Å²) in [7, 11) is -1.23. The first-order valence-corrected chi connectivity index (χ1v) is 6.88. The normalized spacial score (nSPS) is 14.2. The maximum Gasteiger partial charge on any atom is 0.144 e. The summed E-state index contributed by atoms with van der Waals surface area (Å²) >= 11 is 0. The fourth-order valence-corrected chi connectivity index (χ4v) is 2.05. The van der Waals surface area contributed by atoms with Gasteiger partial charge in [0.2, 0.25) is 0 Å². The highest BCUT2D eigenvalue weighted by Crippen LogP contribution is 2.17. The van der Waals surface area contributed by atoms with Gasteiger partial charge in [-0.3, -0.25) is 4.98 Å². The number of hydrogen-bond acceptors (Lipinski definition) is 2. The number of aromatic nitrogens is 1. The molecule has 0 aliphatic rings. The second-order valence-corrected chi connectivity index (χ2v) is 6.97. The number of nitrogens with zero attached hydrogens (tertiary/aromatic N) is 2. The molecule has 1 aromatic heterocycles. The molecule has 0 radical (unpaired) electrons. The van der Waals surface area contributed by atoms with Gasteiger partial charge in [0.15, 0.2) is 0 Å². The van der Waals surface area contributed by atoms with Crippen molar-refractivity contribution >= 4 is 28.0 Å². The van der Waals surface area contributed by atoms with Crippen molar-refractivity contribution in [2.45, 2.75) is 25.5 Å². The molecule has 4 heteroatoms. The third-order valence-corrected chi connectivity index (χ3v) is 3.87. The van der Waals surface area contributed by atoms with Gasteiger partial charge in [0, 0.05) is 29.6 Å². The van der Waals surface area contributed by atoms with Crippen molar-refractivity contribution in [1.29, 1.82) is 0 Å². The number of pyridine rings is 1. The van der Waals surface area contributed by atoms with Gasteiger partial charge in [-0.25, -0.2) is 4.21 Å². The van der Waals surface area contributed by atoms with E-state index >= 15 is 0 Å². The monoisotopic (exact) mass is 260 g/mol. The van der Waals surface area contributed by atoms with Gasteiger partial charge in [0.1, 0.15) is 11.0 Å². The predicted octanol–water partition coefficient (Wildman–Crippen LogP) is 3.12. The minimum Gasteiger partial charge on any atom is -0.264 e. The summed E-state index contributed by atoms with van der Waals surface area (Å²) in [4.78, 5) is 4.08. The maximum atomic E-state index is 11.9. The highest BCUT2D eigenvalue weighted by atomic mass is 32.2. The molecular formula is C14H16N2OS. The lowest BCUT2D eigenvalue weighted by Gasteiger charge is -2.12. The van der Waals surface area contributed by atoms with E-state index < -0.39 is 11.0 Å². The third kappa shape index (κ3) is 2.82. The molecule has 18 heavy (non-hydrogen) atoms. The minimum atomic E-state index is -1.23. The van der Waals surface area contributed by atoms with Crippen molar-refractivity contribution in [3.8, 4) is 0 Å². The average Bonchev–Trinajstić information content (AvgIpc) is 2.34. The summed E-state index contributed by atoms with van der Waals surface area (Å²) in [5, 5.41) is 2.13. The van der Waals surface area contributed by atoms with Gasteiger partial charge < -0.3 is 0 Å². The Morgan fingerprint density at radius 3 is 2.78 bits per heavy atom. The lowest BCUT2D eigenvalue weighted by atomic mass is 10.1. The molecule has 1 aromatic carbocycles. The Hall–Kier alpha value is -1.55. The Bertz CT molecular complexity index is 609. The van der Waals surface area contributed by atoms with Crippen LogP contribution in [-0.2, 0) is 11.0 Å². The van der Waals surface area contributed by atoms with Crippen LogP contribution < -0.4 is 0 Å². The van der Waals surface area contributed by atoms with E-state index in [-0.39, 0.29) is 4.75 Å². The van der Waals surface area contributed by atoms with Gasteiger partial charge >= 0.3 is 0 Å². The predicted molar refractivity (Wildman–Crippen MR) is 77.2 cm³/mol. The van der Waals surface area contributed by atoms with Crippen LogP contribution in [0.25, 0.3) is 10.8 Å². The zero-order valence-corrected chi connectivity index (χ0v) is 11.6. The van der Waals surface area contributed by atoms with E-state index in [4.69, 9.17) is 0 Å². The van der Waals surface area contributed by atoms with E-state index in [0.717, 1.165) is 16.3 Å². The first-order chi connectivity index (χ1) is 8.48. The summed E-state index contributed by atoms with van der Waals surface area (Å²) in [6.45, 7) is 5.73. The molecule has 3 nitrogen and oxygen atoms in total. The Kier molecular flexibility index (Phi) is 3.57. The molecule has 2 rings (SSSR count). The molecule has 0 fully saturated rings. The van der Waals surface area contributed by atoms with Crippen molar-refractivity contribution in [3.05, 3.63) is 42.2 Å². The smallest absolute Gasteiger partial charge is 0.144 e. The zero-order chi connectivity index (χ0) is 13.2. The molecule has 0 amide bonds. The summed E-state index contributed by atoms with van der Waals surface area (Å²) in [5.74, 6) is 0. The van der Waals surface area contributed by atoms with Gasteiger partial charge in [0.05, 0.1) is 4.75 Å². The van der Waals surface area contributed by atoms with Crippen LogP contribution in [0.15, 0.2) is 41.1 Å². The fourth-order valence-electron chi connectivity index (χ4n) is 1.52. The fraction of sp³-hybridized carbons (Fsp3) is 0.286. The van der Waals surface area contributed by atoms with E-state index in [1.165, 1.54) is 0 Å². The Balaban J connectivity index is 2.38. The van der Waals surface area contributed by atoms with E-state index in [2.05, 4.69) is 9.38 Å². The third-order valence-electron chi connectivity index (χ3n) is 2.53. The first kappa shape index (κ1) is 12.9. The quantitative estimate of drug-likeness (QED) is 0.779. The van der Waals surface area contributed by atoms with Crippen LogP contribution in [0.1, 0.15) is 26.3 Å². The van der Waals surface area contributed by atoms with Crippen LogP contribution in [0.3, 0.4) is 0 Å². The van der Waals surface area contributed by atoms with Crippen LogP contribution in [0.4, 0.5) is 0 Å². The summed E-state index contributed by atoms with van der Waals surface area (Å²) in [6.07, 6.45) is 5.25. The molecule has 0 N–H and O–H groups in total. The Labute approximate surface area is 110 Å². The number of fused-ring (bicyclic) bond motifs is 1. The molecule has 0 saturated heterocycles. The molecule has 1 atom stereocenters. The van der Waals surface area contributed by atoms with Crippen molar-refractivity contribution < 1.29 is 4.21 Å². The molecule has 0 aliphatic heterocycles. The van der Waals surface area contributed by atoms with Crippen LogP contribution in [0, 0.1) is 0 Å². The van der Waals surface area contributed by atoms with E-state index in [1.807, 2.05) is 51.2 Å². The molecule has 0 unspecified atom stereocenters. The van der Waals surface area contributed by atoms with Gasteiger partial charge in [0.25, 0.3) is 0 Å². The first-order valence-electron chi connectivity index (χ1n) is 5.77. The van der Waals surface area contributed by atoms with Gasteiger partial charge in [-0.15, -0.1) is 0 Å². The number of benzene rings is 1.